The zero-order valence-electron chi connectivity index (χ0n) is 8.04. The Labute approximate surface area is 82.3 Å². The Hall–Kier alpha value is -1.58. The van der Waals surface area contributed by atoms with Crippen molar-refractivity contribution in [2.75, 3.05) is 19.0 Å². The Kier molecular flexibility index (Phi) is 2.35. The Balaban J connectivity index is 2.45. The summed E-state index contributed by atoms with van der Waals surface area (Å²) in [6.07, 6.45) is 3.74. The van der Waals surface area contributed by atoms with Crippen LogP contribution in [-0.4, -0.2) is 24.6 Å². The average molecular weight is 192 g/mol. The van der Waals surface area contributed by atoms with E-state index in [1.54, 1.807) is 6.20 Å². The zero-order valence-corrected chi connectivity index (χ0v) is 8.04. The molecule has 1 aromatic rings. The van der Waals surface area contributed by atoms with Gasteiger partial charge in [0.2, 0.25) is 0 Å². The second-order valence-corrected chi connectivity index (χ2v) is 3.22. The first-order valence-corrected chi connectivity index (χ1v) is 4.63. The van der Waals surface area contributed by atoms with Gasteiger partial charge in [-0.25, -0.2) is 9.78 Å². The number of rotatable bonds is 1. The van der Waals surface area contributed by atoms with Crippen molar-refractivity contribution >= 4 is 11.7 Å². The normalized spacial score (nSPS) is 14.1. The first-order valence-electron chi connectivity index (χ1n) is 4.63. The van der Waals surface area contributed by atoms with Crippen LogP contribution in [0.5, 0.6) is 0 Å². The third kappa shape index (κ3) is 1.43. The number of esters is 1. The van der Waals surface area contributed by atoms with Gasteiger partial charge in [0, 0.05) is 12.7 Å². The number of nitrogens with one attached hydrogen (secondary N) is 1. The highest BCUT2D eigenvalue weighted by Gasteiger charge is 2.18. The van der Waals surface area contributed by atoms with E-state index in [9.17, 15) is 4.79 Å². The molecule has 0 bridgehead atoms. The van der Waals surface area contributed by atoms with Gasteiger partial charge in [-0.2, -0.15) is 0 Å². The summed E-state index contributed by atoms with van der Waals surface area (Å²) in [7, 11) is 1.37. The van der Waals surface area contributed by atoms with E-state index in [4.69, 9.17) is 0 Å². The molecule has 4 heteroatoms. The summed E-state index contributed by atoms with van der Waals surface area (Å²) < 4.78 is 4.66. The Morgan fingerprint density at radius 1 is 1.64 bits per heavy atom. The topological polar surface area (TPSA) is 51.2 Å². The SMILES string of the molecule is COC(=O)c1nccc2c1NCCC2. The van der Waals surface area contributed by atoms with Gasteiger partial charge in [0.1, 0.15) is 0 Å². The number of nitrogens with zero attached hydrogens (tertiary/aromatic N) is 1. The molecule has 0 saturated carbocycles. The number of ether oxygens (including phenoxy) is 1. The smallest absolute Gasteiger partial charge is 0.358 e. The fourth-order valence-electron chi connectivity index (χ4n) is 1.65. The lowest BCUT2D eigenvalue weighted by molar-refractivity contribution is 0.0595. The fraction of sp³-hybridized carbons (Fsp3) is 0.400. The van der Waals surface area contributed by atoms with Crippen molar-refractivity contribution in [1.29, 1.82) is 0 Å². The van der Waals surface area contributed by atoms with Gasteiger partial charge in [0.05, 0.1) is 12.8 Å². The maximum Gasteiger partial charge on any atom is 0.358 e. The highest BCUT2D eigenvalue weighted by Crippen LogP contribution is 2.24. The maximum absolute atomic E-state index is 11.4. The molecule has 2 heterocycles. The molecule has 0 saturated heterocycles. The quantitative estimate of drug-likeness (QED) is 0.680. The molecule has 1 N–H and O–H groups in total. The monoisotopic (exact) mass is 192 g/mol. The Bertz CT molecular complexity index is 363. The molecular formula is C10H12N2O2. The van der Waals surface area contributed by atoms with E-state index in [0.29, 0.717) is 5.69 Å². The molecule has 0 aromatic carbocycles. The van der Waals surface area contributed by atoms with Crippen LogP contribution in [0.2, 0.25) is 0 Å². The van der Waals surface area contributed by atoms with Crippen molar-refractivity contribution in [3.05, 3.63) is 23.5 Å². The van der Waals surface area contributed by atoms with Gasteiger partial charge < -0.3 is 10.1 Å². The molecule has 0 amide bonds. The molecule has 0 fully saturated rings. The van der Waals surface area contributed by atoms with Crippen LogP contribution in [0.4, 0.5) is 5.69 Å². The number of hydrogen-bond acceptors (Lipinski definition) is 4. The Morgan fingerprint density at radius 2 is 2.50 bits per heavy atom. The van der Waals surface area contributed by atoms with E-state index in [1.165, 1.54) is 7.11 Å². The van der Waals surface area contributed by atoms with Gasteiger partial charge in [-0.15, -0.1) is 0 Å². The van der Waals surface area contributed by atoms with E-state index in [1.807, 2.05) is 6.07 Å². The predicted molar refractivity (Wildman–Crippen MR) is 52.4 cm³/mol. The van der Waals surface area contributed by atoms with E-state index < -0.39 is 0 Å². The van der Waals surface area contributed by atoms with Gasteiger partial charge >= 0.3 is 5.97 Å². The van der Waals surface area contributed by atoms with E-state index in [0.717, 1.165) is 30.6 Å². The minimum absolute atomic E-state index is 0.378. The number of carbonyl (C=O) groups excluding carboxylic acids is 1. The average Bonchev–Trinajstić information content (AvgIpc) is 2.27. The van der Waals surface area contributed by atoms with Crippen molar-refractivity contribution < 1.29 is 9.53 Å². The third-order valence-corrected chi connectivity index (χ3v) is 2.34. The lowest BCUT2D eigenvalue weighted by atomic mass is 10.0. The lowest BCUT2D eigenvalue weighted by Gasteiger charge is -2.19. The van der Waals surface area contributed by atoms with Crippen LogP contribution in [0.3, 0.4) is 0 Å². The maximum atomic E-state index is 11.4. The molecule has 0 unspecified atom stereocenters. The van der Waals surface area contributed by atoms with Gasteiger partial charge in [-0.05, 0) is 24.5 Å². The predicted octanol–water partition coefficient (Wildman–Crippen LogP) is 1.23. The highest BCUT2D eigenvalue weighted by molar-refractivity contribution is 5.94. The summed E-state index contributed by atoms with van der Waals surface area (Å²) in [6.45, 7) is 0.892. The van der Waals surface area contributed by atoms with Gasteiger partial charge in [0.25, 0.3) is 0 Å². The summed E-state index contributed by atoms with van der Waals surface area (Å²) >= 11 is 0. The lowest BCUT2D eigenvalue weighted by Crippen LogP contribution is -2.17. The minimum Gasteiger partial charge on any atom is -0.464 e. The second kappa shape index (κ2) is 3.65. The minimum atomic E-state index is -0.378. The molecule has 0 aliphatic carbocycles. The third-order valence-electron chi connectivity index (χ3n) is 2.34. The van der Waals surface area contributed by atoms with Crippen LogP contribution in [0, 0.1) is 0 Å². The number of aromatic nitrogens is 1. The van der Waals surface area contributed by atoms with Gasteiger partial charge in [-0.1, -0.05) is 0 Å². The Morgan fingerprint density at radius 3 is 3.29 bits per heavy atom. The van der Waals surface area contributed by atoms with Crippen LogP contribution < -0.4 is 5.32 Å². The van der Waals surface area contributed by atoms with Crippen molar-refractivity contribution in [2.45, 2.75) is 12.8 Å². The van der Waals surface area contributed by atoms with Crippen LogP contribution in [0.1, 0.15) is 22.5 Å². The summed E-state index contributed by atoms with van der Waals surface area (Å²) in [5.74, 6) is -0.378. The van der Waals surface area contributed by atoms with Crippen molar-refractivity contribution in [2.24, 2.45) is 0 Å². The molecule has 1 aliphatic rings. The number of pyridine rings is 1. The summed E-state index contributed by atoms with van der Waals surface area (Å²) in [6, 6.07) is 1.94. The number of carbonyl (C=O) groups is 1. The van der Waals surface area contributed by atoms with E-state index in [-0.39, 0.29) is 5.97 Å². The second-order valence-electron chi connectivity index (χ2n) is 3.22. The molecular weight excluding hydrogens is 180 g/mol. The number of methoxy groups -OCH3 is 1. The first-order chi connectivity index (χ1) is 6.83. The fourth-order valence-corrected chi connectivity index (χ4v) is 1.65. The van der Waals surface area contributed by atoms with Crippen LogP contribution >= 0.6 is 0 Å². The molecule has 1 aromatic heterocycles. The van der Waals surface area contributed by atoms with E-state index in [2.05, 4.69) is 15.0 Å². The first kappa shape index (κ1) is 8.99. The summed E-state index contributed by atoms with van der Waals surface area (Å²) in [5.41, 5.74) is 2.38. The zero-order chi connectivity index (χ0) is 9.97. The molecule has 0 atom stereocenters. The summed E-state index contributed by atoms with van der Waals surface area (Å²) in [5, 5.41) is 3.18. The van der Waals surface area contributed by atoms with Crippen LogP contribution in [0.15, 0.2) is 12.3 Å². The van der Waals surface area contributed by atoms with Crippen LogP contribution in [-0.2, 0) is 11.2 Å². The standard InChI is InChI=1S/C10H12N2O2/c1-14-10(13)9-8-7(4-6-12-9)3-2-5-11-8/h4,6,11H,2-3,5H2,1H3. The van der Waals surface area contributed by atoms with E-state index >= 15 is 0 Å². The van der Waals surface area contributed by atoms with Gasteiger partial charge in [-0.3, -0.25) is 0 Å². The molecule has 74 valence electrons. The van der Waals surface area contributed by atoms with Crippen LogP contribution in [0.25, 0.3) is 0 Å². The molecule has 14 heavy (non-hydrogen) atoms. The van der Waals surface area contributed by atoms with Crippen molar-refractivity contribution in [3.8, 4) is 0 Å². The number of aryl methyl sites for hydroxylation is 1. The number of fused-ring (bicyclic) bond motifs is 1. The molecule has 1 aliphatic heterocycles. The highest BCUT2D eigenvalue weighted by atomic mass is 16.5. The summed E-state index contributed by atoms with van der Waals surface area (Å²) in [4.78, 5) is 15.4. The number of hydrogen-bond donors (Lipinski definition) is 1. The molecule has 0 spiro atoms. The van der Waals surface area contributed by atoms with Crippen molar-refractivity contribution in [3.63, 3.8) is 0 Å². The molecule has 2 rings (SSSR count). The number of anilines is 1. The molecule has 4 nitrogen and oxygen atoms in total. The van der Waals surface area contributed by atoms with Crippen molar-refractivity contribution in [1.82, 2.24) is 4.98 Å². The molecule has 0 radical (unpaired) electrons. The largest absolute Gasteiger partial charge is 0.464 e. The van der Waals surface area contributed by atoms with Gasteiger partial charge in [0.15, 0.2) is 5.69 Å².